The van der Waals surface area contributed by atoms with Gasteiger partial charge in [-0.3, -0.25) is 0 Å². The van der Waals surface area contributed by atoms with Gasteiger partial charge in [-0.1, -0.05) is 24.3 Å². The molecule has 0 aliphatic heterocycles. The largest absolute Gasteiger partial charge is 0.497 e. The van der Waals surface area contributed by atoms with E-state index in [1.807, 2.05) is 43.4 Å². The minimum absolute atomic E-state index is 0.844. The van der Waals surface area contributed by atoms with E-state index in [0.717, 1.165) is 65.5 Å². The van der Waals surface area contributed by atoms with Crippen LogP contribution in [0.5, 0.6) is 5.75 Å². The SMILES string of the molecule is COc1ccc(-c2cc(NCCCN(C)Cc3ccc(N(C)C)nc3)c3ccccc3n2)cc1. The standard InChI is InChI=1S/C28H33N5O/c1-32(2)28-15-10-21(19-30-28)20-33(3)17-7-16-29-27-18-26(22-11-13-23(34-4)14-12-22)31-25-9-6-5-8-24(25)27/h5-6,8-15,18-19H,7,16-17,20H2,1-4H3,(H,29,31). The Bertz CT molecular complexity index is 1210. The van der Waals surface area contributed by atoms with Gasteiger partial charge < -0.3 is 19.9 Å². The number of hydrogen-bond acceptors (Lipinski definition) is 6. The molecule has 0 atom stereocenters. The third-order valence-corrected chi connectivity index (χ3v) is 5.85. The summed E-state index contributed by atoms with van der Waals surface area (Å²) in [6.45, 7) is 2.77. The molecule has 2 heterocycles. The average Bonchev–Trinajstić information content (AvgIpc) is 2.86. The number of rotatable bonds is 10. The Hall–Kier alpha value is -3.64. The second-order valence-electron chi connectivity index (χ2n) is 8.74. The van der Waals surface area contributed by atoms with E-state index in [4.69, 9.17) is 9.72 Å². The zero-order valence-corrected chi connectivity index (χ0v) is 20.5. The minimum atomic E-state index is 0.844. The van der Waals surface area contributed by atoms with Crippen molar-refractivity contribution in [3.8, 4) is 17.0 Å². The van der Waals surface area contributed by atoms with Crippen LogP contribution in [-0.4, -0.2) is 56.2 Å². The highest BCUT2D eigenvalue weighted by Gasteiger charge is 2.08. The van der Waals surface area contributed by atoms with Crippen LogP contribution in [0.15, 0.2) is 72.9 Å². The van der Waals surface area contributed by atoms with Gasteiger partial charge in [-0.2, -0.15) is 0 Å². The summed E-state index contributed by atoms with van der Waals surface area (Å²) < 4.78 is 5.29. The van der Waals surface area contributed by atoms with Crippen LogP contribution >= 0.6 is 0 Å². The number of para-hydroxylation sites is 1. The van der Waals surface area contributed by atoms with Gasteiger partial charge in [0, 0.05) is 50.0 Å². The number of methoxy groups -OCH3 is 1. The number of benzene rings is 2. The highest BCUT2D eigenvalue weighted by molar-refractivity contribution is 5.93. The molecule has 4 rings (SSSR count). The summed E-state index contributed by atoms with van der Waals surface area (Å²) in [6, 6.07) is 22.7. The highest BCUT2D eigenvalue weighted by atomic mass is 16.5. The highest BCUT2D eigenvalue weighted by Crippen LogP contribution is 2.29. The van der Waals surface area contributed by atoms with Gasteiger partial charge in [-0.25, -0.2) is 9.97 Å². The van der Waals surface area contributed by atoms with E-state index in [9.17, 15) is 0 Å². The zero-order chi connectivity index (χ0) is 23.9. The van der Waals surface area contributed by atoms with Gasteiger partial charge in [0.15, 0.2) is 0 Å². The lowest BCUT2D eigenvalue weighted by Gasteiger charge is -2.18. The van der Waals surface area contributed by atoms with Gasteiger partial charge in [0.05, 0.1) is 18.3 Å². The topological polar surface area (TPSA) is 53.5 Å². The van der Waals surface area contributed by atoms with E-state index in [1.165, 1.54) is 5.56 Å². The Kier molecular flexibility index (Phi) is 7.60. The number of nitrogens with zero attached hydrogens (tertiary/aromatic N) is 4. The van der Waals surface area contributed by atoms with Crippen molar-refractivity contribution in [3.63, 3.8) is 0 Å². The van der Waals surface area contributed by atoms with Crippen molar-refractivity contribution in [3.05, 3.63) is 78.5 Å². The average molecular weight is 456 g/mol. The first-order valence-corrected chi connectivity index (χ1v) is 11.6. The van der Waals surface area contributed by atoms with E-state index in [0.29, 0.717) is 0 Å². The molecule has 2 aromatic carbocycles. The smallest absolute Gasteiger partial charge is 0.127 e. The lowest BCUT2D eigenvalue weighted by Crippen LogP contribution is -2.21. The predicted octanol–water partition coefficient (Wildman–Crippen LogP) is 5.31. The molecule has 0 spiro atoms. The van der Waals surface area contributed by atoms with Crippen molar-refractivity contribution >= 4 is 22.4 Å². The van der Waals surface area contributed by atoms with Gasteiger partial charge in [0.25, 0.3) is 0 Å². The Morgan fingerprint density at radius 2 is 1.74 bits per heavy atom. The maximum absolute atomic E-state index is 5.29. The van der Waals surface area contributed by atoms with E-state index in [2.05, 4.69) is 70.8 Å². The number of anilines is 2. The third kappa shape index (κ3) is 5.83. The minimum Gasteiger partial charge on any atom is -0.497 e. The molecule has 0 bridgehead atoms. The maximum Gasteiger partial charge on any atom is 0.127 e. The number of nitrogens with one attached hydrogen (secondary N) is 1. The molecule has 1 N–H and O–H groups in total. The number of ether oxygens (including phenoxy) is 1. The molecule has 0 aliphatic carbocycles. The number of hydrogen-bond donors (Lipinski definition) is 1. The molecule has 176 valence electrons. The molecule has 0 radical (unpaired) electrons. The molecule has 6 heteroatoms. The van der Waals surface area contributed by atoms with Crippen molar-refractivity contribution in [2.45, 2.75) is 13.0 Å². The summed E-state index contributed by atoms with van der Waals surface area (Å²) in [6.07, 6.45) is 3.00. The van der Waals surface area contributed by atoms with Crippen LogP contribution in [0.3, 0.4) is 0 Å². The molecule has 0 fully saturated rings. The first-order valence-electron chi connectivity index (χ1n) is 11.6. The predicted molar refractivity (Wildman–Crippen MR) is 142 cm³/mol. The first kappa shape index (κ1) is 23.5. The van der Waals surface area contributed by atoms with Crippen molar-refractivity contribution in [1.82, 2.24) is 14.9 Å². The van der Waals surface area contributed by atoms with E-state index >= 15 is 0 Å². The van der Waals surface area contributed by atoms with Crippen LogP contribution in [0, 0.1) is 0 Å². The molecule has 0 amide bonds. The zero-order valence-electron chi connectivity index (χ0n) is 20.5. The lowest BCUT2D eigenvalue weighted by atomic mass is 10.1. The summed E-state index contributed by atoms with van der Waals surface area (Å²) >= 11 is 0. The summed E-state index contributed by atoms with van der Waals surface area (Å²) in [4.78, 5) is 13.7. The molecule has 4 aromatic rings. The number of fused-ring (bicyclic) bond motifs is 1. The molecule has 6 nitrogen and oxygen atoms in total. The number of pyridine rings is 2. The normalized spacial score (nSPS) is 11.1. The lowest BCUT2D eigenvalue weighted by molar-refractivity contribution is 0.325. The number of aromatic nitrogens is 2. The van der Waals surface area contributed by atoms with Gasteiger partial charge in [-0.15, -0.1) is 0 Å². The van der Waals surface area contributed by atoms with Gasteiger partial charge in [0.2, 0.25) is 0 Å². The van der Waals surface area contributed by atoms with E-state index in [1.54, 1.807) is 7.11 Å². The second-order valence-corrected chi connectivity index (χ2v) is 8.74. The molecular weight excluding hydrogens is 422 g/mol. The van der Waals surface area contributed by atoms with Gasteiger partial charge >= 0.3 is 0 Å². The van der Waals surface area contributed by atoms with Crippen LogP contribution in [-0.2, 0) is 6.54 Å². The Labute approximate surface area is 202 Å². The van der Waals surface area contributed by atoms with E-state index in [-0.39, 0.29) is 0 Å². The monoisotopic (exact) mass is 455 g/mol. The Morgan fingerprint density at radius 1 is 0.941 bits per heavy atom. The quantitative estimate of drug-likeness (QED) is 0.327. The summed E-state index contributed by atoms with van der Waals surface area (Å²) in [7, 11) is 7.85. The summed E-state index contributed by atoms with van der Waals surface area (Å²) in [5, 5.41) is 4.79. The van der Waals surface area contributed by atoms with Crippen LogP contribution in [0.4, 0.5) is 11.5 Å². The van der Waals surface area contributed by atoms with Gasteiger partial charge in [0.1, 0.15) is 11.6 Å². The van der Waals surface area contributed by atoms with E-state index < -0.39 is 0 Å². The van der Waals surface area contributed by atoms with Crippen LogP contribution in [0.2, 0.25) is 0 Å². The summed E-state index contributed by atoms with van der Waals surface area (Å²) in [5.41, 5.74) is 5.36. The Balaban J connectivity index is 1.38. The molecule has 2 aromatic heterocycles. The van der Waals surface area contributed by atoms with Crippen molar-refractivity contribution in [1.29, 1.82) is 0 Å². The fourth-order valence-electron chi connectivity index (χ4n) is 3.97. The van der Waals surface area contributed by atoms with Crippen molar-refractivity contribution < 1.29 is 4.74 Å². The molecule has 0 saturated carbocycles. The maximum atomic E-state index is 5.29. The van der Waals surface area contributed by atoms with Crippen LogP contribution < -0.4 is 15.0 Å². The Morgan fingerprint density at radius 3 is 2.44 bits per heavy atom. The van der Waals surface area contributed by atoms with Crippen LogP contribution in [0.25, 0.3) is 22.2 Å². The molecule has 34 heavy (non-hydrogen) atoms. The summed E-state index contributed by atoms with van der Waals surface area (Å²) in [5.74, 6) is 1.82. The second kappa shape index (κ2) is 11.0. The molecule has 0 aliphatic rings. The fourth-order valence-corrected chi connectivity index (χ4v) is 3.97. The van der Waals surface area contributed by atoms with Crippen molar-refractivity contribution in [2.75, 3.05) is 51.6 Å². The molecule has 0 saturated heterocycles. The third-order valence-electron chi connectivity index (χ3n) is 5.85. The molecule has 0 unspecified atom stereocenters. The molecular formula is C28H33N5O. The first-order chi connectivity index (χ1) is 16.5. The fraction of sp³-hybridized carbons (Fsp3) is 0.286. The van der Waals surface area contributed by atoms with Crippen LogP contribution in [0.1, 0.15) is 12.0 Å². The van der Waals surface area contributed by atoms with Crippen molar-refractivity contribution in [2.24, 2.45) is 0 Å². The van der Waals surface area contributed by atoms with Gasteiger partial charge in [-0.05, 0) is 68.0 Å².